The topological polar surface area (TPSA) is 21.3 Å². The molecule has 1 N–H and O–H groups in total. The predicted molar refractivity (Wildman–Crippen MR) is 58.3 cm³/mol. The molecule has 4 atom stereocenters. The third kappa shape index (κ3) is 0.989. The first kappa shape index (κ1) is 10.4. The zero-order chi connectivity index (χ0) is 10.6. The molecule has 0 unspecified atom stereocenters. The Bertz CT molecular complexity index is 238. The Hall–Kier alpha value is -0.0800. The quantitative estimate of drug-likeness (QED) is 0.731. The zero-order valence-electron chi connectivity index (χ0n) is 10.1. The van der Waals surface area contributed by atoms with Crippen LogP contribution in [0.5, 0.6) is 0 Å². The number of methoxy groups -OCH3 is 1. The molecule has 2 aliphatic carbocycles. The van der Waals surface area contributed by atoms with Crippen LogP contribution in [0.3, 0.4) is 0 Å². The van der Waals surface area contributed by atoms with E-state index in [1.54, 1.807) is 0 Å². The van der Waals surface area contributed by atoms with Crippen molar-refractivity contribution >= 4 is 0 Å². The normalized spacial score (nSPS) is 49.9. The molecule has 2 fully saturated rings. The van der Waals surface area contributed by atoms with E-state index < -0.39 is 0 Å². The van der Waals surface area contributed by atoms with Gasteiger partial charge in [-0.15, -0.1) is 0 Å². The molecule has 0 spiro atoms. The van der Waals surface area contributed by atoms with E-state index in [2.05, 4.69) is 33.1 Å². The number of rotatable bonds is 2. The molecule has 0 aliphatic heterocycles. The highest BCUT2D eigenvalue weighted by Crippen LogP contribution is 2.61. The molecule has 2 rings (SSSR count). The van der Waals surface area contributed by atoms with Crippen molar-refractivity contribution in [2.75, 3.05) is 14.2 Å². The highest BCUT2D eigenvalue weighted by atomic mass is 16.5. The monoisotopic (exact) mass is 197 g/mol. The molecular weight excluding hydrogens is 174 g/mol. The van der Waals surface area contributed by atoms with Crippen molar-refractivity contribution in [3.05, 3.63) is 0 Å². The largest absolute Gasteiger partial charge is 0.381 e. The van der Waals surface area contributed by atoms with Gasteiger partial charge in [0.25, 0.3) is 0 Å². The molecule has 0 amide bonds. The minimum Gasteiger partial charge on any atom is -0.381 e. The predicted octanol–water partition coefficient (Wildman–Crippen LogP) is 2.05. The van der Waals surface area contributed by atoms with Gasteiger partial charge in [0.2, 0.25) is 0 Å². The molecule has 0 aromatic rings. The molecule has 0 aromatic heterocycles. The average Bonchev–Trinajstić information content (AvgIpc) is 2.66. The second-order valence-electron chi connectivity index (χ2n) is 5.72. The van der Waals surface area contributed by atoms with Gasteiger partial charge in [-0.1, -0.05) is 13.8 Å². The standard InChI is InChI=1S/C12H23NO/c1-11(2)8-6-9(10(7-8)14-5)12(11,3)13-4/h8-10,13H,6-7H2,1-5H3/t8-,9+,10+,12+/m1/s1. The van der Waals surface area contributed by atoms with E-state index in [-0.39, 0.29) is 5.54 Å². The van der Waals surface area contributed by atoms with Crippen molar-refractivity contribution in [3.63, 3.8) is 0 Å². The van der Waals surface area contributed by atoms with Crippen molar-refractivity contribution in [3.8, 4) is 0 Å². The molecule has 2 nitrogen and oxygen atoms in total. The lowest BCUT2D eigenvalue weighted by atomic mass is 9.63. The molecule has 2 saturated carbocycles. The maximum atomic E-state index is 5.60. The van der Waals surface area contributed by atoms with Crippen LogP contribution in [-0.4, -0.2) is 25.8 Å². The highest BCUT2D eigenvalue weighted by Gasteiger charge is 2.63. The van der Waals surface area contributed by atoms with Crippen LogP contribution in [0, 0.1) is 17.3 Å². The van der Waals surface area contributed by atoms with E-state index in [0.29, 0.717) is 17.4 Å². The van der Waals surface area contributed by atoms with Crippen LogP contribution in [0.4, 0.5) is 0 Å². The van der Waals surface area contributed by atoms with E-state index >= 15 is 0 Å². The van der Waals surface area contributed by atoms with Gasteiger partial charge >= 0.3 is 0 Å². The fourth-order valence-electron chi connectivity index (χ4n) is 3.87. The summed E-state index contributed by atoms with van der Waals surface area (Å²) in [4.78, 5) is 0. The molecule has 82 valence electrons. The van der Waals surface area contributed by atoms with E-state index in [1.165, 1.54) is 12.8 Å². The van der Waals surface area contributed by atoms with E-state index in [0.717, 1.165) is 5.92 Å². The Morgan fingerprint density at radius 1 is 1.21 bits per heavy atom. The molecule has 0 heterocycles. The van der Waals surface area contributed by atoms with Crippen LogP contribution in [-0.2, 0) is 4.74 Å². The van der Waals surface area contributed by atoms with Crippen molar-refractivity contribution < 1.29 is 4.74 Å². The van der Waals surface area contributed by atoms with Gasteiger partial charge in [0.15, 0.2) is 0 Å². The SMILES string of the molecule is CN[C@@]1(C)[C@H]2C[C@H](C[C@@H]2OC)C1(C)C. The number of nitrogens with one attached hydrogen (secondary N) is 1. The van der Waals surface area contributed by atoms with Gasteiger partial charge < -0.3 is 10.1 Å². The maximum Gasteiger partial charge on any atom is 0.0620 e. The van der Waals surface area contributed by atoms with Crippen LogP contribution in [0.25, 0.3) is 0 Å². The first-order valence-electron chi connectivity index (χ1n) is 5.69. The van der Waals surface area contributed by atoms with Gasteiger partial charge in [0, 0.05) is 18.6 Å². The van der Waals surface area contributed by atoms with Crippen molar-refractivity contribution in [1.29, 1.82) is 0 Å². The van der Waals surface area contributed by atoms with Gasteiger partial charge in [-0.2, -0.15) is 0 Å². The minimum atomic E-state index is 0.247. The van der Waals surface area contributed by atoms with Crippen LogP contribution < -0.4 is 5.32 Å². The van der Waals surface area contributed by atoms with Crippen LogP contribution >= 0.6 is 0 Å². The van der Waals surface area contributed by atoms with E-state index in [9.17, 15) is 0 Å². The summed E-state index contributed by atoms with van der Waals surface area (Å²) in [6.45, 7) is 7.17. The highest BCUT2D eigenvalue weighted by molar-refractivity contribution is 5.16. The summed E-state index contributed by atoms with van der Waals surface area (Å²) in [6.07, 6.45) is 3.07. The third-order valence-corrected chi connectivity index (χ3v) is 5.43. The lowest BCUT2D eigenvalue weighted by Crippen LogP contribution is -2.59. The Morgan fingerprint density at radius 2 is 1.86 bits per heavy atom. The van der Waals surface area contributed by atoms with E-state index in [1.807, 2.05) is 7.11 Å². The molecule has 2 aliphatic rings. The summed E-state index contributed by atoms with van der Waals surface area (Å²) in [6, 6.07) is 0. The second-order valence-corrected chi connectivity index (χ2v) is 5.72. The van der Waals surface area contributed by atoms with E-state index in [4.69, 9.17) is 4.74 Å². The van der Waals surface area contributed by atoms with Crippen LogP contribution in [0.2, 0.25) is 0 Å². The molecule has 0 saturated heterocycles. The first-order chi connectivity index (χ1) is 6.47. The lowest BCUT2D eigenvalue weighted by Gasteiger charge is -2.50. The van der Waals surface area contributed by atoms with Crippen LogP contribution in [0.1, 0.15) is 33.6 Å². The molecule has 14 heavy (non-hydrogen) atoms. The Labute approximate surface area is 87.4 Å². The number of fused-ring (bicyclic) bond motifs is 2. The maximum absolute atomic E-state index is 5.60. The van der Waals surface area contributed by atoms with Gasteiger partial charge in [0.1, 0.15) is 0 Å². The average molecular weight is 197 g/mol. The molecule has 0 aromatic carbocycles. The van der Waals surface area contributed by atoms with Gasteiger partial charge in [-0.25, -0.2) is 0 Å². The number of hydrogen-bond acceptors (Lipinski definition) is 2. The minimum absolute atomic E-state index is 0.247. The molecule has 2 heteroatoms. The molecule has 2 bridgehead atoms. The fraction of sp³-hybridized carbons (Fsp3) is 1.00. The molecular formula is C12H23NO. The number of ether oxygens (including phenoxy) is 1. The lowest BCUT2D eigenvalue weighted by molar-refractivity contribution is -0.0342. The number of hydrogen-bond donors (Lipinski definition) is 1. The first-order valence-corrected chi connectivity index (χ1v) is 5.69. The summed E-state index contributed by atoms with van der Waals surface area (Å²) in [7, 11) is 3.95. The smallest absolute Gasteiger partial charge is 0.0620 e. The fourth-order valence-corrected chi connectivity index (χ4v) is 3.87. The Balaban J connectivity index is 2.31. The van der Waals surface area contributed by atoms with Crippen molar-refractivity contribution in [1.82, 2.24) is 5.32 Å². The third-order valence-electron chi connectivity index (χ3n) is 5.43. The Kier molecular flexibility index (Phi) is 2.20. The summed E-state index contributed by atoms with van der Waals surface area (Å²) >= 11 is 0. The summed E-state index contributed by atoms with van der Waals surface area (Å²) < 4.78 is 5.60. The van der Waals surface area contributed by atoms with Gasteiger partial charge in [-0.3, -0.25) is 0 Å². The van der Waals surface area contributed by atoms with Gasteiger partial charge in [-0.05, 0) is 38.1 Å². The zero-order valence-corrected chi connectivity index (χ0v) is 10.1. The van der Waals surface area contributed by atoms with Crippen LogP contribution in [0.15, 0.2) is 0 Å². The summed E-state index contributed by atoms with van der Waals surface area (Å²) in [5.41, 5.74) is 0.651. The van der Waals surface area contributed by atoms with Crippen molar-refractivity contribution in [2.24, 2.45) is 17.3 Å². The van der Waals surface area contributed by atoms with Crippen molar-refractivity contribution in [2.45, 2.75) is 45.3 Å². The Morgan fingerprint density at radius 3 is 2.29 bits per heavy atom. The second kappa shape index (κ2) is 2.96. The van der Waals surface area contributed by atoms with Gasteiger partial charge in [0.05, 0.1) is 6.10 Å². The summed E-state index contributed by atoms with van der Waals surface area (Å²) in [5.74, 6) is 1.52. The summed E-state index contributed by atoms with van der Waals surface area (Å²) in [5, 5.41) is 3.55. The molecule has 0 radical (unpaired) electrons.